The van der Waals surface area contributed by atoms with Gasteiger partial charge in [0.1, 0.15) is 11.4 Å². The third-order valence-corrected chi connectivity index (χ3v) is 5.67. The van der Waals surface area contributed by atoms with Crippen LogP contribution in [-0.2, 0) is 0 Å². The van der Waals surface area contributed by atoms with E-state index in [-0.39, 0.29) is 5.69 Å². The van der Waals surface area contributed by atoms with Gasteiger partial charge in [-0.3, -0.25) is 0 Å². The summed E-state index contributed by atoms with van der Waals surface area (Å²) < 4.78 is 32.5. The highest BCUT2D eigenvalue weighted by Crippen LogP contribution is 2.47. The van der Waals surface area contributed by atoms with E-state index in [9.17, 15) is 18.7 Å². The minimum Gasteiger partial charge on any atom is -0.485 e. The number of para-hydroxylation sites is 1. The Morgan fingerprint density at radius 3 is 2.68 bits per heavy atom. The molecular formula is C20H19ClF2N2O3. The normalized spacial score (nSPS) is 20.4. The quantitative estimate of drug-likeness (QED) is 0.730. The number of hydrogen-bond donors (Lipinski definition) is 2. The maximum atomic E-state index is 13.3. The molecule has 2 amide bonds. The molecule has 2 aliphatic heterocycles. The number of halogens is 3. The lowest BCUT2D eigenvalue weighted by molar-refractivity contribution is -0.0470. The molecule has 0 bridgehead atoms. The molecular weight excluding hydrogens is 390 g/mol. The standard InChI is InChI=1S/C20H19ClF2N2O3/c21-14-3-1-2-13-17(26)11-20(28-18(13)14)6-8-25(9-7-20)19(27)24-12-4-5-15(22)16(23)10-12/h1-5,10,17,26H,6-9,11H2,(H,24,27). The minimum absolute atomic E-state index is 0.189. The third-order valence-electron chi connectivity index (χ3n) is 5.37. The number of piperidine rings is 1. The smallest absolute Gasteiger partial charge is 0.321 e. The number of hydrogen-bond acceptors (Lipinski definition) is 3. The molecule has 0 saturated carbocycles. The first-order valence-electron chi connectivity index (χ1n) is 9.03. The molecule has 1 spiro atoms. The monoisotopic (exact) mass is 408 g/mol. The van der Waals surface area contributed by atoms with E-state index in [1.165, 1.54) is 6.07 Å². The van der Waals surface area contributed by atoms with Crippen molar-refractivity contribution in [2.24, 2.45) is 0 Å². The number of likely N-dealkylation sites (tertiary alicyclic amines) is 1. The minimum atomic E-state index is -1.02. The maximum absolute atomic E-state index is 13.3. The van der Waals surface area contributed by atoms with Crippen LogP contribution in [-0.4, -0.2) is 34.7 Å². The second kappa shape index (κ2) is 7.22. The predicted octanol–water partition coefficient (Wildman–Crippen LogP) is 4.50. The number of carbonyl (C=O) groups is 1. The lowest BCUT2D eigenvalue weighted by Crippen LogP contribution is -2.52. The molecule has 1 saturated heterocycles. The highest BCUT2D eigenvalue weighted by molar-refractivity contribution is 6.32. The number of nitrogens with zero attached hydrogens (tertiary/aromatic N) is 1. The van der Waals surface area contributed by atoms with Crippen LogP contribution in [0.1, 0.15) is 30.9 Å². The summed E-state index contributed by atoms with van der Waals surface area (Å²) in [5, 5.41) is 13.6. The van der Waals surface area contributed by atoms with Gasteiger partial charge in [-0.2, -0.15) is 0 Å². The summed E-state index contributed by atoms with van der Waals surface area (Å²) in [5.74, 6) is -1.48. The summed E-state index contributed by atoms with van der Waals surface area (Å²) in [6, 6.07) is 8.11. The van der Waals surface area contributed by atoms with Crippen LogP contribution in [0, 0.1) is 11.6 Å². The molecule has 8 heteroatoms. The molecule has 4 rings (SSSR count). The summed E-state index contributed by atoms with van der Waals surface area (Å²) in [6.07, 6.45) is 0.809. The molecule has 0 aliphatic carbocycles. The molecule has 0 radical (unpaired) electrons. The van der Waals surface area contributed by atoms with Gasteiger partial charge in [-0.15, -0.1) is 0 Å². The maximum Gasteiger partial charge on any atom is 0.321 e. The van der Waals surface area contributed by atoms with Crippen molar-refractivity contribution in [3.63, 3.8) is 0 Å². The topological polar surface area (TPSA) is 61.8 Å². The zero-order valence-corrected chi connectivity index (χ0v) is 15.7. The van der Waals surface area contributed by atoms with Gasteiger partial charge in [-0.05, 0) is 18.2 Å². The van der Waals surface area contributed by atoms with E-state index in [1.54, 1.807) is 23.1 Å². The zero-order chi connectivity index (χ0) is 19.9. The number of benzene rings is 2. The molecule has 1 fully saturated rings. The van der Waals surface area contributed by atoms with Gasteiger partial charge in [0.05, 0.1) is 11.1 Å². The number of carbonyl (C=O) groups excluding carboxylic acids is 1. The fourth-order valence-corrected chi connectivity index (χ4v) is 4.04. The van der Waals surface area contributed by atoms with Crippen LogP contribution in [0.15, 0.2) is 36.4 Å². The van der Waals surface area contributed by atoms with E-state index in [0.29, 0.717) is 48.7 Å². The Hall–Kier alpha value is -2.38. The van der Waals surface area contributed by atoms with Crippen LogP contribution < -0.4 is 10.1 Å². The Kier molecular flexibility index (Phi) is 4.89. The van der Waals surface area contributed by atoms with E-state index in [2.05, 4.69) is 5.32 Å². The summed E-state index contributed by atoms with van der Waals surface area (Å²) in [6.45, 7) is 0.810. The Morgan fingerprint density at radius 1 is 1.21 bits per heavy atom. The number of aliphatic hydroxyl groups excluding tert-OH is 1. The molecule has 2 N–H and O–H groups in total. The van der Waals surface area contributed by atoms with Gasteiger partial charge in [0.2, 0.25) is 0 Å². The largest absolute Gasteiger partial charge is 0.485 e. The zero-order valence-electron chi connectivity index (χ0n) is 14.9. The van der Waals surface area contributed by atoms with Crippen molar-refractivity contribution in [3.05, 3.63) is 58.6 Å². The Labute approximate surface area is 165 Å². The Bertz CT molecular complexity index is 916. The lowest BCUT2D eigenvalue weighted by Gasteiger charge is -2.46. The number of anilines is 1. The summed E-state index contributed by atoms with van der Waals surface area (Å²) in [7, 11) is 0. The highest BCUT2D eigenvalue weighted by atomic mass is 35.5. The summed E-state index contributed by atoms with van der Waals surface area (Å²) in [5.41, 5.74) is 0.279. The first-order chi connectivity index (χ1) is 13.4. The average molecular weight is 409 g/mol. The van der Waals surface area contributed by atoms with E-state index in [4.69, 9.17) is 16.3 Å². The van der Waals surface area contributed by atoms with E-state index < -0.39 is 29.4 Å². The van der Waals surface area contributed by atoms with Crippen molar-refractivity contribution < 1.29 is 23.4 Å². The average Bonchev–Trinajstić information content (AvgIpc) is 2.66. The molecule has 0 aromatic heterocycles. The van der Waals surface area contributed by atoms with Crippen LogP contribution in [0.5, 0.6) is 5.75 Å². The van der Waals surface area contributed by atoms with Crippen molar-refractivity contribution >= 4 is 23.3 Å². The van der Waals surface area contributed by atoms with Crippen molar-refractivity contribution in [2.45, 2.75) is 31.0 Å². The molecule has 1 unspecified atom stereocenters. The fourth-order valence-electron chi connectivity index (χ4n) is 3.82. The molecule has 1 atom stereocenters. The van der Waals surface area contributed by atoms with Crippen LogP contribution in [0.2, 0.25) is 5.02 Å². The summed E-state index contributed by atoms with van der Waals surface area (Å²) >= 11 is 6.24. The van der Waals surface area contributed by atoms with Crippen LogP contribution in [0.4, 0.5) is 19.3 Å². The first-order valence-corrected chi connectivity index (χ1v) is 9.41. The highest BCUT2D eigenvalue weighted by Gasteiger charge is 2.44. The number of ether oxygens (including phenoxy) is 1. The molecule has 148 valence electrons. The van der Waals surface area contributed by atoms with Gasteiger partial charge >= 0.3 is 6.03 Å². The van der Waals surface area contributed by atoms with Crippen molar-refractivity contribution in [3.8, 4) is 5.75 Å². The van der Waals surface area contributed by atoms with Gasteiger partial charge in [0.15, 0.2) is 11.6 Å². The Balaban J connectivity index is 1.42. The van der Waals surface area contributed by atoms with E-state index in [1.807, 2.05) is 0 Å². The van der Waals surface area contributed by atoms with Crippen molar-refractivity contribution in [1.29, 1.82) is 0 Å². The van der Waals surface area contributed by atoms with Crippen molar-refractivity contribution in [1.82, 2.24) is 4.90 Å². The van der Waals surface area contributed by atoms with Gasteiger partial charge in [-0.25, -0.2) is 13.6 Å². The number of urea groups is 1. The van der Waals surface area contributed by atoms with E-state index in [0.717, 1.165) is 12.1 Å². The number of fused-ring (bicyclic) bond motifs is 1. The van der Waals surface area contributed by atoms with Gasteiger partial charge in [0.25, 0.3) is 0 Å². The lowest BCUT2D eigenvalue weighted by atomic mass is 9.82. The molecule has 2 aromatic rings. The molecule has 5 nitrogen and oxygen atoms in total. The summed E-state index contributed by atoms with van der Waals surface area (Å²) in [4.78, 5) is 14.0. The number of nitrogens with one attached hydrogen (secondary N) is 1. The molecule has 2 aliphatic rings. The molecule has 2 heterocycles. The van der Waals surface area contributed by atoms with E-state index >= 15 is 0 Å². The fraction of sp³-hybridized carbons (Fsp3) is 0.350. The number of rotatable bonds is 1. The van der Waals surface area contributed by atoms with Gasteiger partial charge < -0.3 is 20.1 Å². The van der Waals surface area contributed by atoms with Crippen LogP contribution in [0.25, 0.3) is 0 Å². The third kappa shape index (κ3) is 3.52. The SMILES string of the molecule is O=C(Nc1ccc(F)c(F)c1)N1CCC2(CC1)CC(O)c1cccc(Cl)c1O2. The van der Waals surface area contributed by atoms with Gasteiger partial charge in [-0.1, -0.05) is 23.7 Å². The first kappa shape index (κ1) is 19.0. The molecule has 2 aromatic carbocycles. The van der Waals surface area contributed by atoms with Crippen LogP contribution >= 0.6 is 11.6 Å². The van der Waals surface area contributed by atoms with Gasteiger partial charge in [0, 0.05) is 49.7 Å². The number of aliphatic hydroxyl groups is 1. The van der Waals surface area contributed by atoms with Crippen molar-refractivity contribution in [2.75, 3.05) is 18.4 Å². The second-order valence-corrected chi connectivity index (χ2v) is 7.62. The predicted molar refractivity (Wildman–Crippen MR) is 101 cm³/mol. The second-order valence-electron chi connectivity index (χ2n) is 7.21. The Morgan fingerprint density at radius 2 is 1.96 bits per heavy atom. The number of amides is 2. The molecule has 28 heavy (non-hydrogen) atoms. The van der Waals surface area contributed by atoms with Crippen LogP contribution in [0.3, 0.4) is 0 Å².